The zero-order chi connectivity index (χ0) is 19.1. The Morgan fingerprint density at radius 2 is 2.00 bits per heavy atom. The second-order valence-electron chi connectivity index (χ2n) is 6.71. The maximum Gasteiger partial charge on any atom is 0.288 e. The molecule has 0 bridgehead atoms. The predicted octanol–water partition coefficient (Wildman–Crippen LogP) is 4.31. The van der Waals surface area contributed by atoms with E-state index in [1.165, 1.54) is 12.1 Å². The fourth-order valence-electron chi connectivity index (χ4n) is 3.86. The van der Waals surface area contributed by atoms with Gasteiger partial charge in [0.1, 0.15) is 5.02 Å². The van der Waals surface area contributed by atoms with Crippen LogP contribution in [0, 0.1) is 10.1 Å². The van der Waals surface area contributed by atoms with Gasteiger partial charge in [-0.25, -0.2) is 0 Å². The second kappa shape index (κ2) is 6.90. The molecule has 2 heterocycles. The predicted molar refractivity (Wildman–Crippen MR) is 102 cm³/mol. The Balaban J connectivity index is 1.75. The summed E-state index contributed by atoms with van der Waals surface area (Å²) < 4.78 is 0. The summed E-state index contributed by atoms with van der Waals surface area (Å²) in [6.07, 6.45) is 1.05. The summed E-state index contributed by atoms with van der Waals surface area (Å²) in [5, 5.41) is 16.1. The molecule has 0 saturated carbocycles. The summed E-state index contributed by atoms with van der Waals surface area (Å²) in [7, 11) is 0. The summed E-state index contributed by atoms with van der Waals surface area (Å²) >= 11 is 7.50. The molecular formula is C19H15ClN2O4S. The highest BCUT2D eigenvalue weighted by molar-refractivity contribution is 7.10. The lowest BCUT2D eigenvalue weighted by molar-refractivity contribution is -0.384. The zero-order valence-corrected chi connectivity index (χ0v) is 15.7. The van der Waals surface area contributed by atoms with E-state index in [0.29, 0.717) is 29.7 Å². The van der Waals surface area contributed by atoms with Gasteiger partial charge in [-0.15, -0.1) is 11.3 Å². The number of nitrogens with zero attached hydrogens (tertiary/aromatic N) is 1. The van der Waals surface area contributed by atoms with Crippen molar-refractivity contribution < 1.29 is 14.5 Å². The van der Waals surface area contributed by atoms with E-state index in [1.807, 2.05) is 17.5 Å². The van der Waals surface area contributed by atoms with Gasteiger partial charge in [-0.2, -0.15) is 0 Å². The maximum atomic E-state index is 12.9. The number of benzene rings is 1. The number of rotatable bonds is 3. The van der Waals surface area contributed by atoms with Gasteiger partial charge in [0.05, 0.1) is 4.92 Å². The van der Waals surface area contributed by atoms with Gasteiger partial charge in [0.2, 0.25) is 5.91 Å². The summed E-state index contributed by atoms with van der Waals surface area (Å²) in [6.45, 7) is 0. The quantitative estimate of drug-likeness (QED) is 0.611. The molecule has 2 atom stereocenters. The summed E-state index contributed by atoms with van der Waals surface area (Å²) in [5.41, 5.74) is 1.56. The standard InChI is InChI=1S/C19H15ClN2O4S/c20-13-4-3-10(7-15(13)22(25)26)12-9-18(24)21-14-6-11(8-16(23)19(12)14)17-2-1-5-27-17/h1-5,7,11-12H,6,8-9H2,(H,21,24)/t11-,12+/m1/s1. The molecule has 8 heteroatoms. The number of nitro benzene ring substituents is 1. The molecule has 0 fully saturated rings. The van der Waals surface area contributed by atoms with Gasteiger partial charge in [-0.05, 0) is 29.5 Å². The first-order valence-corrected chi connectivity index (χ1v) is 9.73. The highest BCUT2D eigenvalue weighted by Gasteiger charge is 2.38. The van der Waals surface area contributed by atoms with Crippen LogP contribution in [-0.2, 0) is 9.59 Å². The molecule has 1 N–H and O–H groups in total. The van der Waals surface area contributed by atoms with E-state index in [1.54, 1.807) is 17.4 Å². The average Bonchev–Trinajstić information content (AvgIpc) is 3.15. The number of hydrogen-bond donors (Lipinski definition) is 1. The van der Waals surface area contributed by atoms with Crippen LogP contribution in [0.2, 0.25) is 5.02 Å². The van der Waals surface area contributed by atoms with Gasteiger partial charge < -0.3 is 5.32 Å². The smallest absolute Gasteiger partial charge is 0.288 e. The van der Waals surface area contributed by atoms with Crippen LogP contribution in [0.25, 0.3) is 0 Å². The van der Waals surface area contributed by atoms with Gasteiger partial charge in [-0.1, -0.05) is 23.7 Å². The van der Waals surface area contributed by atoms with Crippen LogP contribution < -0.4 is 5.32 Å². The largest absolute Gasteiger partial charge is 0.329 e. The van der Waals surface area contributed by atoms with Crippen molar-refractivity contribution in [3.05, 3.63) is 72.6 Å². The number of carbonyl (C=O) groups is 2. The maximum absolute atomic E-state index is 12.9. The fraction of sp³-hybridized carbons (Fsp3) is 0.263. The minimum Gasteiger partial charge on any atom is -0.329 e. The van der Waals surface area contributed by atoms with E-state index >= 15 is 0 Å². The highest BCUT2D eigenvalue weighted by Crippen LogP contribution is 2.44. The lowest BCUT2D eigenvalue weighted by atomic mass is 9.74. The molecule has 1 amide bonds. The third kappa shape index (κ3) is 3.28. The van der Waals surface area contributed by atoms with Crippen molar-refractivity contribution in [1.82, 2.24) is 5.32 Å². The minimum absolute atomic E-state index is 0.0164. The Labute approximate surface area is 164 Å². The molecular weight excluding hydrogens is 388 g/mol. The van der Waals surface area contributed by atoms with Crippen LogP contribution in [0.4, 0.5) is 5.69 Å². The number of amides is 1. The molecule has 0 radical (unpaired) electrons. The molecule has 1 aliphatic carbocycles. The molecule has 2 aromatic rings. The van der Waals surface area contributed by atoms with Crippen molar-refractivity contribution >= 4 is 40.3 Å². The molecule has 6 nitrogen and oxygen atoms in total. The molecule has 2 aliphatic rings. The van der Waals surface area contributed by atoms with Crippen molar-refractivity contribution in [3.8, 4) is 0 Å². The lowest BCUT2D eigenvalue weighted by Crippen LogP contribution is -2.38. The number of thiophene rings is 1. The summed E-state index contributed by atoms with van der Waals surface area (Å²) in [5.74, 6) is -0.635. The highest BCUT2D eigenvalue weighted by atomic mass is 35.5. The summed E-state index contributed by atoms with van der Waals surface area (Å²) in [6, 6.07) is 8.42. The number of Topliss-reactive ketones (excluding diaryl/α,β-unsaturated/α-hetero) is 1. The Hall–Kier alpha value is -2.51. The van der Waals surface area contributed by atoms with Crippen molar-refractivity contribution in [3.63, 3.8) is 0 Å². The number of nitrogens with one attached hydrogen (secondary N) is 1. The van der Waals surface area contributed by atoms with Crippen molar-refractivity contribution in [2.24, 2.45) is 0 Å². The number of hydrogen-bond acceptors (Lipinski definition) is 5. The van der Waals surface area contributed by atoms with Crippen LogP contribution in [0.3, 0.4) is 0 Å². The molecule has 27 heavy (non-hydrogen) atoms. The topological polar surface area (TPSA) is 89.3 Å². The van der Waals surface area contributed by atoms with Crippen LogP contribution in [0.5, 0.6) is 0 Å². The van der Waals surface area contributed by atoms with Gasteiger partial charge in [0, 0.05) is 46.9 Å². The van der Waals surface area contributed by atoms with Gasteiger partial charge in [0.15, 0.2) is 5.78 Å². The Bertz CT molecular complexity index is 984. The first-order chi connectivity index (χ1) is 12.9. The van der Waals surface area contributed by atoms with Gasteiger partial charge in [-0.3, -0.25) is 19.7 Å². The second-order valence-corrected chi connectivity index (χ2v) is 8.10. The molecule has 0 unspecified atom stereocenters. The fourth-order valence-corrected chi connectivity index (χ4v) is 4.87. The first-order valence-electron chi connectivity index (χ1n) is 8.47. The van der Waals surface area contributed by atoms with Crippen LogP contribution in [0.15, 0.2) is 47.0 Å². The van der Waals surface area contributed by atoms with Crippen molar-refractivity contribution in [2.45, 2.75) is 31.1 Å². The van der Waals surface area contributed by atoms with E-state index in [4.69, 9.17) is 11.6 Å². The van der Waals surface area contributed by atoms with E-state index in [-0.39, 0.29) is 34.7 Å². The Morgan fingerprint density at radius 1 is 1.19 bits per heavy atom. The Morgan fingerprint density at radius 3 is 2.70 bits per heavy atom. The monoisotopic (exact) mass is 402 g/mol. The number of ketones is 1. The molecule has 138 valence electrons. The Kier molecular flexibility index (Phi) is 4.57. The molecule has 1 aliphatic heterocycles. The average molecular weight is 403 g/mol. The van der Waals surface area contributed by atoms with Gasteiger partial charge >= 0.3 is 0 Å². The molecule has 0 spiro atoms. The normalized spacial score (nSPS) is 22.4. The van der Waals surface area contributed by atoms with Crippen LogP contribution >= 0.6 is 22.9 Å². The third-order valence-electron chi connectivity index (χ3n) is 5.05. The molecule has 1 aromatic heterocycles. The number of halogens is 1. The van der Waals surface area contributed by atoms with Gasteiger partial charge in [0.25, 0.3) is 5.69 Å². The first kappa shape index (κ1) is 17.9. The molecule has 0 saturated heterocycles. The minimum atomic E-state index is -0.556. The summed E-state index contributed by atoms with van der Waals surface area (Å²) in [4.78, 5) is 37.0. The lowest BCUT2D eigenvalue weighted by Gasteiger charge is -2.34. The third-order valence-corrected chi connectivity index (χ3v) is 6.41. The van der Waals surface area contributed by atoms with E-state index < -0.39 is 10.8 Å². The van der Waals surface area contributed by atoms with E-state index in [2.05, 4.69) is 5.32 Å². The zero-order valence-electron chi connectivity index (χ0n) is 14.1. The van der Waals surface area contributed by atoms with Crippen molar-refractivity contribution in [2.75, 3.05) is 0 Å². The molecule has 4 rings (SSSR count). The number of nitro groups is 1. The van der Waals surface area contributed by atoms with Crippen LogP contribution in [0.1, 0.15) is 41.5 Å². The van der Waals surface area contributed by atoms with E-state index in [0.717, 1.165) is 4.88 Å². The van der Waals surface area contributed by atoms with E-state index in [9.17, 15) is 19.7 Å². The van der Waals surface area contributed by atoms with Crippen LogP contribution in [-0.4, -0.2) is 16.6 Å². The van der Waals surface area contributed by atoms with Crippen molar-refractivity contribution in [1.29, 1.82) is 0 Å². The molecule has 1 aromatic carbocycles. The SMILES string of the molecule is O=C1C[C@@H](c2ccc(Cl)c([N+](=O)[O-])c2)C2=C(C[C@@H](c3cccs3)CC2=O)N1. The number of carbonyl (C=O) groups excluding carboxylic acids is 2. The number of allylic oxidation sites excluding steroid dienone is 2.